The molecule has 4 heteroatoms. The number of benzene rings is 1. The zero-order valence-corrected chi connectivity index (χ0v) is 7.63. The maximum Gasteiger partial charge on any atom is 0.494 e. The van der Waals surface area contributed by atoms with Crippen LogP contribution >= 0.6 is 0 Å². The Bertz CT molecular complexity index is 341. The molecule has 0 unspecified atom stereocenters. The summed E-state index contributed by atoms with van der Waals surface area (Å²) in [5.41, 5.74) is 2.09. The van der Waals surface area contributed by atoms with Gasteiger partial charge >= 0.3 is 7.12 Å². The molecule has 0 spiro atoms. The van der Waals surface area contributed by atoms with E-state index in [0.717, 1.165) is 5.46 Å². The highest BCUT2D eigenvalue weighted by atomic mass is 19.1. The summed E-state index contributed by atoms with van der Waals surface area (Å²) in [7, 11) is 1.16. The SMILES string of the molecule is COB1OCc2c1ccc(C)c2F. The van der Waals surface area contributed by atoms with Crippen molar-refractivity contribution in [2.45, 2.75) is 13.5 Å². The molecule has 0 radical (unpaired) electrons. The molecule has 0 atom stereocenters. The third-order valence-corrected chi connectivity index (χ3v) is 2.32. The van der Waals surface area contributed by atoms with Crippen molar-refractivity contribution < 1.29 is 13.7 Å². The summed E-state index contributed by atoms with van der Waals surface area (Å²) in [6.45, 7) is 2.05. The van der Waals surface area contributed by atoms with E-state index in [2.05, 4.69) is 0 Å². The van der Waals surface area contributed by atoms with E-state index in [-0.39, 0.29) is 5.82 Å². The second-order valence-corrected chi connectivity index (χ2v) is 3.14. The van der Waals surface area contributed by atoms with E-state index >= 15 is 0 Å². The summed E-state index contributed by atoms with van der Waals surface area (Å²) in [5, 5.41) is 0. The zero-order chi connectivity index (χ0) is 9.42. The number of fused-ring (bicyclic) bond motifs is 1. The van der Waals surface area contributed by atoms with Gasteiger partial charge in [-0.3, -0.25) is 0 Å². The maximum absolute atomic E-state index is 13.5. The molecular formula is C9H10BFO2. The van der Waals surface area contributed by atoms with Crippen molar-refractivity contribution >= 4 is 12.6 Å². The first-order valence-corrected chi connectivity index (χ1v) is 4.16. The van der Waals surface area contributed by atoms with Crippen molar-refractivity contribution in [3.05, 3.63) is 29.1 Å². The topological polar surface area (TPSA) is 18.5 Å². The van der Waals surface area contributed by atoms with Gasteiger partial charge in [-0.1, -0.05) is 12.1 Å². The van der Waals surface area contributed by atoms with Gasteiger partial charge in [0.25, 0.3) is 0 Å². The van der Waals surface area contributed by atoms with Crippen LogP contribution in [0.25, 0.3) is 0 Å². The standard InChI is InChI=1S/C9H10BFO2/c1-6-3-4-8-7(9(6)11)5-13-10(8)12-2/h3-4H,5H2,1-2H3. The highest BCUT2D eigenvalue weighted by molar-refractivity contribution is 6.62. The van der Waals surface area contributed by atoms with Crippen LogP contribution in [-0.4, -0.2) is 14.2 Å². The normalized spacial score (nSPS) is 14.8. The lowest BCUT2D eigenvalue weighted by atomic mass is 9.78. The number of hydrogen-bond acceptors (Lipinski definition) is 2. The number of halogens is 1. The molecule has 0 saturated carbocycles. The Balaban J connectivity index is 2.50. The van der Waals surface area contributed by atoms with Gasteiger partial charge in [-0.15, -0.1) is 0 Å². The van der Waals surface area contributed by atoms with Crippen molar-refractivity contribution in [2.75, 3.05) is 7.11 Å². The molecule has 0 saturated heterocycles. The largest absolute Gasteiger partial charge is 0.494 e. The number of rotatable bonds is 1. The van der Waals surface area contributed by atoms with E-state index in [0.29, 0.717) is 17.7 Å². The summed E-state index contributed by atoms with van der Waals surface area (Å²) in [5.74, 6) is -0.169. The van der Waals surface area contributed by atoms with Gasteiger partial charge in [-0.05, 0) is 17.9 Å². The molecule has 0 amide bonds. The van der Waals surface area contributed by atoms with E-state index in [4.69, 9.17) is 9.31 Å². The third-order valence-electron chi connectivity index (χ3n) is 2.32. The van der Waals surface area contributed by atoms with E-state index in [1.807, 2.05) is 6.07 Å². The van der Waals surface area contributed by atoms with Crippen LogP contribution in [0.2, 0.25) is 0 Å². The van der Waals surface area contributed by atoms with Crippen molar-refractivity contribution in [3.63, 3.8) is 0 Å². The second kappa shape index (κ2) is 3.12. The lowest BCUT2D eigenvalue weighted by Gasteiger charge is -2.03. The molecule has 1 aromatic rings. The fourth-order valence-electron chi connectivity index (χ4n) is 1.56. The third kappa shape index (κ3) is 1.26. The summed E-state index contributed by atoms with van der Waals surface area (Å²) < 4.78 is 23.8. The molecule has 2 rings (SSSR count). The van der Waals surface area contributed by atoms with Gasteiger partial charge in [0.15, 0.2) is 0 Å². The number of hydrogen-bond donors (Lipinski definition) is 0. The van der Waals surface area contributed by atoms with Crippen molar-refractivity contribution in [3.8, 4) is 0 Å². The summed E-state index contributed by atoms with van der Waals surface area (Å²) in [6.07, 6.45) is 0. The lowest BCUT2D eigenvalue weighted by Crippen LogP contribution is -2.31. The molecule has 1 heterocycles. The zero-order valence-electron chi connectivity index (χ0n) is 7.63. The molecule has 2 nitrogen and oxygen atoms in total. The van der Waals surface area contributed by atoms with Gasteiger partial charge < -0.3 is 9.31 Å². The average Bonchev–Trinajstić information content (AvgIpc) is 2.55. The van der Waals surface area contributed by atoms with Gasteiger partial charge in [0, 0.05) is 12.7 Å². The van der Waals surface area contributed by atoms with Crippen molar-refractivity contribution in [1.29, 1.82) is 0 Å². The van der Waals surface area contributed by atoms with Gasteiger partial charge in [0.1, 0.15) is 5.82 Å². The number of aryl methyl sites for hydroxylation is 1. The van der Waals surface area contributed by atoms with Gasteiger partial charge in [0.05, 0.1) is 6.61 Å². The first kappa shape index (κ1) is 8.72. The van der Waals surface area contributed by atoms with E-state index < -0.39 is 7.12 Å². The van der Waals surface area contributed by atoms with E-state index in [1.54, 1.807) is 20.1 Å². The molecule has 0 bridgehead atoms. The Morgan fingerprint density at radius 3 is 3.00 bits per heavy atom. The molecular weight excluding hydrogens is 170 g/mol. The lowest BCUT2D eigenvalue weighted by molar-refractivity contribution is 0.243. The molecule has 1 aliphatic heterocycles. The Hall–Kier alpha value is -0.865. The summed E-state index contributed by atoms with van der Waals surface area (Å²) in [4.78, 5) is 0. The molecule has 13 heavy (non-hydrogen) atoms. The Morgan fingerprint density at radius 1 is 1.54 bits per heavy atom. The minimum Gasteiger partial charge on any atom is -0.410 e. The molecule has 0 N–H and O–H groups in total. The predicted molar refractivity (Wildman–Crippen MR) is 48.3 cm³/mol. The van der Waals surface area contributed by atoms with Gasteiger partial charge in [-0.2, -0.15) is 0 Å². The first-order valence-electron chi connectivity index (χ1n) is 4.16. The van der Waals surface area contributed by atoms with Gasteiger partial charge in [-0.25, -0.2) is 4.39 Å². The van der Waals surface area contributed by atoms with E-state index in [9.17, 15) is 4.39 Å². The monoisotopic (exact) mass is 180 g/mol. The van der Waals surface area contributed by atoms with Crippen LogP contribution < -0.4 is 5.46 Å². The van der Waals surface area contributed by atoms with Crippen LogP contribution in [-0.2, 0) is 15.9 Å². The quantitative estimate of drug-likeness (QED) is 0.600. The molecule has 0 fully saturated rings. The average molecular weight is 180 g/mol. The van der Waals surface area contributed by atoms with Crippen LogP contribution in [0.4, 0.5) is 4.39 Å². The molecule has 0 aromatic heterocycles. The molecule has 1 aromatic carbocycles. The fourth-order valence-corrected chi connectivity index (χ4v) is 1.56. The molecule has 0 aliphatic carbocycles. The smallest absolute Gasteiger partial charge is 0.410 e. The van der Waals surface area contributed by atoms with Crippen LogP contribution in [0.15, 0.2) is 12.1 Å². The Labute approximate surface area is 76.8 Å². The Kier molecular flexibility index (Phi) is 2.10. The van der Waals surface area contributed by atoms with Crippen LogP contribution in [0.1, 0.15) is 11.1 Å². The predicted octanol–water partition coefficient (Wildman–Crippen LogP) is 1.01. The first-order chi connectivity index (χ1) is 6.24. The van der Waals surface area contributed by atoms with E-state index in [1.165, 1.54) is 0 Å². The van der Waals surface area contributed by atoms with Crippen LogP contribution in [0, 0.1) is 12.7 Å². The second-order valence-electron chi connectivity index (χ2n) is 3.14. The van der Waals surface area contributed by atoms with Crippen LogP contribution in [0.5, 0.6) is 0 Å². The summed E-state index contributed by atoms with van der Waals surface area (Å²) >= 11 is 0. The fraction of sp³-hybridized carbons (Fsp3) is 0.333. The maximum atomic E-state index is 13.5. The highest BCUT2D eigenvalue weighted by Crippen LogP contribution is 2.17. The molecule has 68 valence electrons. The minimum absolute atomic E-state index is 0.169. The van der Waals surface area contributed by atoms with Crippen LogP contribution in [0.3, 0.4) is 0 Å². The van der Waals surface area contributed by atoms with Crippen molar-refractivity contribution in [2.24, 2.45) is 0 Å². The molecule has 1 aliphatic rings. The minimum atomic E-state index is -0.398. The van der Waals surface area contributed by atoms with Crippen molar-refractivity contribution in [1.82, 2.24) is 0 Å². The highest BCUT2D eigenvalue weighted by Gasteiger charge is 2.31. The summed E-state index contributed by atoms with van der Waals surface area (Å²) in [6, 6.07) is 3.60. The van der Waals surface area contributed by atoms with Gasteiger partial charge in [0.2, 0.25) is 0 Å². The Morgan fingerprint density at radius 2 is 2.31 bits per heavy atom.